The molecular weight excluding hydrogens is 918 g/mol. The number of rotatable bonds is 6. The van der Waals surface area contributed by atoms with Gasteiger partial charge in [0.2, 0.25) is 0 Å². The Balaban J connectivity index is 0.00000499. The molecule has 0 aliphatic rings. The predicted octanol–water partition coefficient (Wildman–Crippen LogP) is 14.2. The third-order valence-corrected chi connectivity index (χ3v) is 11.5. The van der Waals surface area contributed by atoms with Crippen molar-refractivity contribution in [1.29, 1.82) is 0 Å². The minimum absolute atomic E-state index is 0. The van der Waals surface area contributed by atoms with E-state index < -0.39 is 0 Å². The SMILES string of the molecule is Cc1cccc(C)c1-c1coc2cnc(-c3[c-]c(-c4cccc5c4nc(-c4cc(C(C)(C)C)cc(C(C)(C)C)c4O)n5-c4ccccc4-c4ccccc4)ccc3)cc12.[Pt]. The van der Waals surface area contributed by atoms with Gasteiger partial charge < -0.3 is 9.52 Å². The number of para-hydroxylation sites is 2. The van der Waals surface area contributed by atoms with E-state index in [1.54, 1.807) is 0 Å². The number of benzene rings is 6. The molecule has 0 bridgehead atoms. The van der Waals surface area contributed by atoms with Crippen molar-refractivity contribution in [1.82, 2.24) is 14.5 Å². The summed E-state index contributed by atoms with van der Waals surface area (Å²) in [4.78, 5) is 10.4. The number of aromatic hydroxyl groups is 1. The molecule has 5 nitrogen and oxygen atoms in total. The number of imidazole rings is 1. The summed E-state index contributed by atoms with van der Waals surface area (Å²) < 4.78 is 8.25. The second-order valence-electron chi connectivity index (χ2n) is 17.7. The number of nitrogens with zero attached hydrogens (tertiary/aromatic N) is 3. The number of phenols is 1. The van der Waals surface area contributed by atoms with E-state index in [1.165, 1.54) is 16.7 Å². The molecule has 302 valence electrons. The summed E-state index contributed by atoms with van der Waals surface area (Å²) in [5.41, 5.74) is 16.0. The fourth-order valence-corrected chi connectivity index (χ4v) is 8.37. The first-order valence-corrected chi connectivity index (χ1v) is 20.3. The van der Waals surface area contributed by atoms with Crippen LogP contribution in [-0.4, -0.2) is 19.6 Å². The van der Waals surface area contributed by atoms with Crippen LogP contribution >= 0.6 is 0 Å². The molecule has 0 atom stereocenters. The molecule has 6 aromatic carbocycles. The Morgan fingerprint density at radius 1 is 0.650 bits per heavy atom. The zero-order valence-corrected chi connectivity index (χ0v) is 37.6. The fourth-order valence-electron chi connectivity index (χ4n) is 8.37. The van der Waals surface area contributed by atoms with Gasteiger partial charge in [-0.3, -0.25) is 9.55 Å². The molecule has 60 heavy (non-hydrogen) atoms. The third-order valence-electron chi connectivity index (χ3n) is 11.5. The van der Waals surface area contributed by atoms with Gasteiger partial charge >= 0.3 is 0 Å². The number of hydrogen-bond acceptors (Lipinski definition) is 4. The Labute approximate surface area is 367 Å². The van der Waals surface area contributed by atoms with Crippen molar-refractivity contribution in [2.75, 3.05) is 0 Å². The first-order chi connectivity index (χ1) is 28.3. The second-order valence-corrected chi connectivity index (χ2v) is 17.7. The summed E-state index contributed by atoms with van der Waals surface area (Å²) >= 11 is 0. The predicted molar refractivity (Wildman–Crippen MR) is 243 cm³/mol. The molecule has 3 aromatic heterocycles. The number of fused-ring (bicyclic) bond motifs is 2. The summed E-state index contributed by atoms with van der Waals surface area (Å²) in [6, 6.07) is 47.9. The molecule has 0 saturated carbocycles. The Bertz CT molecular complexity index is 3030. The van der Waals surface area contributed by atoms with Crippen LogP contribution in [0.15, 0.2) is 144 Å². The summed E-state index contributed by atoms with van der Waals surface area (Å²) in [5, 5.41) is 13.3. The Morgan fingerprint density at radius 2 is 1.32 bits per heavy atom. The van der Waals surface area contributed by atoms with E-state index in [1.807, 2.05) is 18.5 Å². The maximum atomic E-state index is 12.3. The molecule has 0 aliphatic carbocycles. The van der Waals surface area contributed by atoms with E-state index in [4.69, 9.17) is 14.4 Å². The smallest absolute Gasteiger partial charge is 0.151 e. The van der Waals surface area contributed by atoms with E-state index in [0.29, 0.717) is 11.4 Å². The van der Waals surface area contributed by atoms with Crippen LogP contribution in [0.2, 0.25) is 0 Å². The standard InChI is InChI=1S/C54H48N3O2.Pt/c1-33-17-14-18-34(2)49(33)43-32-59-48-31-55-45(30-41(43)48)37-22-15-21-36(27-37)40-24-16-26-47-50(40)56-52(42-28-38(53(3,4)5)29-44(51(42)58)54(6,7)8)57(47)46-25-13-12-23-39(46)35-19-10-9-11-20-35;/h9-26,28-32,58H,1-8H3;/q-1;. The first-order valence-electron chi connectivity index (χ1n) is 20.3. The molecule has 0 saturated heterocycles. The fraction of sp³-hybridized carbons (Fsp3) is 0.185. The quantitative estimate of drug-likeness (QED) is 0.169. The van der Waals surface area contributed by atoms with Crippen LogP contribution in [0, 0.1) is 19.9 Å². The maximum Gasteiger partial charge on any atom is 0.151 e. The van der Waals surface area contributed by atoms with Gasteiger partial charge in [0.15, 0.2) is 5.58 Å². The average molecular weight is 966 g/mol. The van der Waals surface area contributed by atoms with Crippen LogP contribution in [0.5, 0.6) is 5.75 Å². The Hall–Kier alpha value is -6.03. The van der Waals surface area contributed by atoms with Gasteiger partial charge in [-0.05, 0) is 70.7 Å². The summed E-state index contributed by atoms with van der Waals surface area (Å²) in [5.74, 6) is 0.919. The van der Waals surface area contributed by atoms with Gasteiger partial charge in [-0.15, -0.1) is 29.8 Å². The number of aromatic nitrogens is 3. The van der Waals surface area contributed by atoms with Crippen LogP contribution < -0.4 is 0 Å². The van der Waals surface area contributed by atoms with Gasteiger partial charge in [-0.2, -0.15) is 0 Å². The van der Waals surface area contributed by atoms with Crippen molar-refractivity contribution in [2.45, 2.75) is 66.2 Å². The molecule has 0 aliphatic heterocycles. The van der Waals surface area contributed by atoms with Gasteiger partial charge in [0, 0.05) is 48.8 Å². The van der Waals surface area contributed by atoms with Crippen molar-refractivity contribution in [2.24, 2.45) is 0 Å². The van der Waals surface area contributed by atoms with Crippen molar-refractivity contribution in [3.8, 4) is 67.5 Å². The number of hydrogen-bond donors (Lipinski definition) is 1. The van der Waals surface area contributed by atoms with E-state index in [-0.39, 0.29) is 37.6 Å². The monoisotopic (exact) mass is 965 g/mol. The van der Waals surface area contributed by atoms with E-state index in [0.717, 1.165) is 77.9 Å². The number of aryl methyl sites for hydroxylation is 2. The first kappa shape index (κ1) is 40.7. The molecular formula is C54H48N3O2Pt-. The number of phenolic OH excluding ortho intramolecular Hbond substituents is 1. The Kier molecular flexibility index (Phi) is 10.5. The molecule has 9 rings (SSSR count). The minimum Gasteiger partial charge on any atom is -0.507 e. The van der Waals surface area contributed by atoms with Crippen LogP contribution in [-0.2, 0) is 31.9 Å². The molecule has 0 radical (unpaired) electrons. The topological polar surface area (TPSA) is 64.1 Å². The Morgan fingerprint density at radius 3 is 2.05 bits per heavy atom. The van der Waals surface area contributed by atoms with Gasteiger partial charge in [-0.1, -0.05) is 144 Å². The largest absolute Gasteiger partial charge is 0.507 e. The van der Waals surface area contributed by atoms with Gasteiger partial charge in [0.1, 0.15) is 11.6 Å². The van der Waals surface area contributed by atoms with Crippen LogP contribution in [0.25, 0.3) is 83.7 Å². The minimum atomic E-state index is -0.313. The molecule has 9 aromatic rings. The molecule has 0 fully saturated rings. The van der Waals surface area contributed by atoms with E-state index in [2.05, 4.69) is 187 Å². The number of pyridine rings is 1. The van der Waals surface area contributed by atoms with Crippen molar-refractivity contribution in [3.63, 3.8) is 0 Å². The third kappa shape index (κ3) is 7.20. The molecule has 0 amide bonds. The molecule has 1 N–H and O–H groups in total. The van der Waals surface area contributed by atoms with Crippen LogP contribution in [0.4, 0.5) is 0 Å². The molecule has 0 unspecified atom stereocenters. The van der Waals surface area contributed by atoms with Crippen LogP contribution in [0.1, 0.15) is 63.8 Å². The molecule has 6 heteroatoms. The summed E-state index contributed by atoms with van der Waals surface area (Å²) in [6.07, 6.45) is 3.65. The average Bonchev–Trinajstić information content (AvgIpc) is 3.82. The summed E-state index contributed by atoms with van der Waals surface area (Å²) in [7, 11) is 0. The zero-order valence-electron chi connectivity index (χ0n) is 35.3. The zero-order chi connectivity index (χ0) is 41.2. The summed E-state index contributed by atoms with van der Waals surface area (Å²) in [6.45, 7) is 17.4. The van der Waals surface area contributed by atoms with Crippen molar-refractivity contribution < 1.29 is 30.6 Å². The van der Waals surface area contributed by atoms with Gasteiger partial charge in [0.25, 0.3) is 0 Å². The molecule has 0 spiro atoms. The van der Waals surface area contributed by atoms with Gasteiger partial charge in [-0.25, -0.2) is 4.98 Å². The van der Waals surface area contributed by atoms with Crippen molar-refractivity contribution in [3.05, 3.63) is 168 Å². The maximum absolute atomic E-state index is 12.3. The van der Waals surface area contributed by atoms with E-state index >= 15 is 0 Å². The van der Waals surface area contributed by atoms with Crippen LogP contribution in [0.3, 0.4) is 0 Å². The van der Waals surface area contributed by atoms with E-state index in [9.17, 15) is 5.11 Å². The molecule has 3 heterocycles. The van der Waals surface area contributed by atoms with Crippen molar-refractivity contribution >= 4 is 22.0 Å². The number of furan rings is 1. The second kappa shape index (κ2) is 15.5. The normalized spacial score (nSPS) is 11.9. The van der Waals surface area contributed by atoms with Gasteiger partial charge in [0.05, 0.1) is 34.7 Å².